The lowest BCUT2D eigenvalue weighted by Gasteiger charge is -2.31. The Morgan fingerprint density at radius 1 is 1.45 bits per heavy atom. The van der Waals surface area contributed by atoms with Gasteiger partial charge in [-0.2, -0.15) is 0 Å². The van der Waals surface area contributed by atoms with Crippen LogP contribution in [0.4, 0.5) is 4.79 Å². The fourth-order valence-electron chi connectivity index (χ4n) is 2.55. The van der Waals surface area contributed by atoms with E-state index in [4.69, 9.17) is 4.74 Å². The molecule has 1 saturated heterocycles. The Bertz CT molecular complexity index is 604. The van der Waals surface area contributed by atoms with Gasteiger partial charge in [0, 0.05) is 31.1 Å². The maximum atomic E-state index is 11.4. The summed E-state index contributed by atoms with van der Waals surface area (Å²) in [6.45, 7) is 2.29. The van der Waals surface area contributed by atoms with Crippen LogP contribution in [0.1, 0.15) is 18.5 Å². The summed E-state index contributed by atoms with van der Waals surface area (Å²) < 4.78 is 4.75. The number of thiazole rings is 1. The van der Waals surface area contributed by atoms with Crippen LogP contribution in [0.25, 0.3) is 9.88 Å². The number of hydrogen-bond acceptors (Lipinski definition) is 6. The zero-order chi connectivity index (χ0) is 15.4. The monoisotopic (exact) mass is 337 g/mol. The molecule has 0 radical (unpaired) electrons. The van der Waals surface area contributed by atoms with Crippen LogP contribution in [0.3, 0.4) is 0 Å². The number of carbonyl (C=O) groups excluding carboxylic acids is 1. The van der Waals surface area contributed by atoms with Crippen LogP contribution in [0.15, 0.2) is 22.9 Å². The van der Waals surface area contributed by atoms with Gasteiger partial charge in [0.15, 0.2) is 0 Å². The molecule has 1 aliphatic heterocycles. The van der Waals surface area contributed by atoms with Crippen molar-refractivity contribution >= 4 is 28.8 Å². The average Bonchev–Trinajstić information content (AvgIpc) is 3.23. The van der Waals surface area contributed by atoms with Crippen molar-refractivity contribution in [3.8, 4) is 9.88 Å². The quantitative estimate of drug-likeness (QED) is 0.931. The predicted octanol–water partition coefficient (Wildman–Crippen LogP) is 3.19. The van der Waals surface area contributed by atoms with Crippen LogP contribution in [-0.2, 0) is 11.3 Å². The zero-order valence-electron chi connectivity index (χ0n) is 12.4. The highest BCUT2D eigenvalue weighted by Gasteiger charge is 2.22. The molecule has 1 amide bonds. The van der Waals surface area contributed by atoms with Crippen LogP contribution in [0.5, 0.6) is 0 Å². The van der Waals surface area contributed by atoms with Gasteiger partial charge >= 0.3 is 6.09 Å². The third-order valence-corrected chi connectivity index (χ3v) is 5.71. The summed E-state index contributed by atoms with van der Waals surface area (Å²) in [5, 5.41) is 8.82. The Morgan fingerprint density at radius 3 is 2.95 bits per heavy atom. The second-order valence-corrected chi connectivity index (χ2v) is 7.04. The topological polar surface area (TPSA) is 54.5 Å². The molecule has 22 heavy (non-hydrogen) atoms. The summed E-state index contributed by atoms with van der Waals surface area (Å²) in [4.78, 5) is 19.1. The lowest BCUT2D eigenvalue weighted by Crippen LogP contribution is -2.44. The number of carbonyl (C=O) groups is 1. The first-order valence-electron chi connectivity index (χ1n) is 7.31. The molecule has 0 spiro atoms. The summed E-state index contributed by atoms with van der Waals surface area (Å²) in [5.41, 5.74) is 1.09. The third kappa shape index (κ3) is 3.66. The molecular formula is C15H19N3O2S2. The molecule has 0 aliphatic carbocycles. The number of nitrogens with one attached hydrogen (secondary N) is 1. The standard InChI is InChI=1S/C15H19N3O2S2/c1-20-15(19)18-6-4-11(5-7-18)16-9-12-10-22-14(17-12)13-3-2-8-21-13/h2-3,8,10-11,16H,4-7,9H2,1H3. The van der Waals surface area contributed by atoms with Gasteiger partial charge in [-0.05, 0) is 24.3 Å². The third-order valence-electron chi connectivity index (χ3n) is 3.78. The Labute approximate surface area is 137 Å². The fourth-order valence-corrected chi connectivity index (χ4v) is 4.18. The van der Waals surface area contributed by atoms with E-state index in [0.717, 1.165) is 43.2 Å². The van der Waals surface area contributed by atoms with Gasteiger partial charge in [-0.25, -0.2) is 9.78 Å². The summed E-state index contributed by atoms with van der Waals surface area (Å²) in [6.07, 6.45) is 1.69. The molecule has 3 rings (SSSR count). The maximum absolute atomic E-state index is 11.4. The summed E-state index contributed by atoms with van der Waals surface area (Å²) in [6, 6.07) is 4.59. The van der Waals surface area contributed by atoms with E-state index in [9.17, 15) is 4.79 Å². The van der Waals surface area contributed by atoms with E-state index < -0.39 is 0 Å². The molecule has 2 aromatic rings. The van der Waals surface area contributed by atoms with Crippen molar-refractivity contribution in [1.29, 1.82) is 0 Å². The fraction of sp³-hybridized carbons (Fsp3) is 0.467. The van der Waals surface area contributed by atoms with Gasteiger partial charge in [0.2, 0.25) is 0 Å². The highest BCUT2D eigenvalue weighted by Crippen LogP contribution is 2.27. The lowest BCUT2D eigenvalue weighted by molar-refractivity contribution is 0.109. The van der Waals surface area contributed by atoms with Crippen molar-refractivity contribution in [2.75, 3.05) is 20.2 Å². The highest BCUT2D eigenvalue weighted by molar-refractivity contribution is 7.20. The molecule has 7 heteroatoms. The lowest BCUT2D eigenvalue weighted by atomic mass is 10.1. The number of amides is 1. The number of likely N-dealkylation sites (tertiary alicyclic amines) is 1. The second-order valence-electron chi connectivity index (χ2n) is 5.23. The van der Waals surface area contributed by atoms with Crippen molar-refractivity contribution in [3.63, 3.8) is 0 Å². The van der Waals surface area contributed by atoms with E-state index in [0.29, 0.717) is 6.04 Å². The predicted molar refractivity (Wildman–Crippen MR) is 89.3 cm³/mol. The first-order chi connectivity index (χ1) is 10.8. The molecule has 5 nitrogen and oxygen atoms in total. The van der Waals surface area contributed by atoms with E-state index in [1.54, 1.807) is 27.6 Å². The van der Waals surface area contributed by atoms with Gasteiger partial charge in [-0.1, -0.05) is 6.07 Å². The van der Waals surface area contributed by atoms with Crippen LogP contribution < -0.4 is 5.32 Å². The number of methoxy groups -OCH3 is 1. The molecule has 0 unspecified atom stereocenters. The molecule has 0 aromatic carbocycles. The number of aromatic nitrogens is 1. The van der Waals surface area contributed by atoms with Crippen LogP contribution in [0, 0.1) is 0 Å². The highest BCUT2D eigenvalue weighted by atomic mass is 32.1. The van der Waals surface area contributed by atoms with Crippen LogP contribution in [0.2, 0.25) is 0 Å². The Balaban J connectivity index is 1.47. The number of ether oxygens (including phenoxy) is 1. The molecule has 0 bridgehead atoms. The number of rotatable bonds is 4. The average molecular weight is 337 g/mol. The molecule has 118 valence electrons. The van der Waals surface area contributed by atoms with E-state index in [1.165, 1.54) is 12.0 Å². The van der Waals surface area contributed by atoms with Crippen molar-refractivity contribution in [3.05, 3.63) is 28.6 Å². The van der Waals surface area contributed by atoms with E-state index >= 15 is 0 Å². The summed E-state index contributed by atoms with van der Waals surface area (Å²) in [5.74, 6) is 0. The molecule has 0 saturated carbocycles. The molecular weight excluding hydrogens is 318 g/mol. The van der Waals surface area contributed by atoms with E-state index in [2.05, 4.69) is 33.2 Å². The van der Waals surface area contributed by atoms with Crippen LogP contribution >= 0.6 is 22.7 Å². The SMILES string of the molecule is COC(=O)N1CCC(NCc2csc(-c3cccs3)n2)CC1. The Hall–Kier alpha value is -1.44. The molecule has 1 fully saturated rings. The summed E-state index contributed by atoms with van der Waals surface area (Å²) in [7, 11) is 1.43. The zero-order valence-corrected chi connectivity index (χ0v) is 14.1. The largest absolute Gasteiger partial charge is 0.453 e. The van der Waals surface area contributed by atoms with Crippen molar-refractivity contribution in [2.24, 2.45) is 0 Å². The first kappa shape index (κ1) is 15.5. The van der Waals surface area contributed by atoms with Crippen LogP contribution in [-0.4, -0.2) is 42.2 Å². The minimum atomic E-state index is -0.224. The molecule has 2 aromatic heterocycles. The molecule has 3 heterocycles. The number of hydrogen-bond donors (Lipinski definition) is 1. The van der Waals surface area contributed by atoms with Gasteiger partial charge < -0.3 is 15.0 Å². The minimum absolute atomic E-state index is 0.224. The number of nitrogens with zero attached hydrogens (tertiary/aromatic N) is 2. The van der Waals surface area contributed by atoms with Gasteiger partial charge in [-0.15, -0.1) is 22.7 Å². The van der Waals surface area contributed by atoms with Crippen molar-refractivity contribution in [2.45, 2.75) is 25.4 Å². The van der Waals surface area contributed by atoms with Gasteiger partial charge in [-0.3, -0.25) is 0 Å². The van der Waals surface area contributed by atoms with Gasteiger partial charge in [0.25, 0.3) is 0 Å². The normalized spacial score (nSPS) is 16.0. The van der Waals surface area contributed by atoms with Crippen molar-refractivity contribution in [1.82, 2.24) is 15.2 Å². The number of thiophene rings is 1. The van der Waals surface area contributed by atoms with Gasteiger partial charge in [0.1, 0.15) is 5.01 Å². The molecule has 0 atom stereocenters. The van der Waals surface area contributed by atoms with Gasteiger partial charge in [0.05, 0.1) is 17.7 Å². The van der Waals surface area contributed by atoms with E-state index in [-0.39, 0.29) is 6.09 Å². The maximum Gasteiger partial charge on any atom is 0.409 e. The first-order valence-corrected chi connectivity index (χ1v) is 9.07. The second kappa shape index (κ2) is 7.21. The van der Waals surface area contributed by atoms with E-state index in [1.807, 2.05) is 0 Å². The minimum Gasteiger partial charge on any atom is -0.453 e. The molecule has 1 aliphatic rings. The molecule has 1 N–H and O–H groups in total. The van der Waals surface area contributed by atoms with Crippen molar-refractivity contribution < 1.29 is 9.53 Å². The Morgan fingerprint density at radius 2 is 2.27 bits per heavy atom. The Kier molecular flexibility index (Phi) is 5.07. The smallest absolute Gasteiger partial charge is 0.409 e. The summed E-state index contributed by atoms with van der Waals surface area (Å²) >= 11 is 3.41. The number of piperidine rings is 1.